The van der Waals surface area contributed by atoms with E-state index in [1.165, 1.54) is 0 Å². The zero-order valence-electron chi connectivity index (χ0n) is 13.5. The minimum absolute atomic E-state index is 0.128. The van der Waals surface area contributed by atoms with Crippen LogP contribution in [0.4, 0.5) is 5.69 Å². The number of anilines is 1. The van der Waals surface area contributed by atoms with Gasteiger partial charge in [-0.15, -0.1) is 10.2 Å². The van der Waals surface area contributed by atoms with Crippen molar-refractivity contribution < 1.29 is 4.79 Å². The van der Waals surface area contributed by atoms with E-state index in [1.807, 2.05) is 67.6 Å². The van der Waals surface area contributed by atoms with Crippen molar-refractivity contribution in [3.05, 3.63) is 78.1 Å². The van der Waals surface area contributed by atoms with Crippen molar-refractivity contribution in [2.75, 3.05) is 5.32 Å². The second-order valence-electron chi connectivity index (χ2n) is 5.75. The minimum atomic E-state index is -0.128. The van der Waals surface area contributed by atoms with Gasteiger partial charge in [0, 0.05) is 16.8 Å². The van der Waals surface area contributed by atoms with Crippen molar-refractivity contribution in [1.29, 1.82) is 0 Å². The van der Waals surface area contributed by atoms with Crippen molar-refractivity contribution in [1.82, 2.24) is 19.8 Å². The first-order chi connectivity index (χ1) is 12.2. The fraction of sp³-hybridized carbons (Fsp3) is 0.0526. The molecule has 2 aromatic carbocycles. The molecule has 0 unspecified atom stereocenters. The van der Waals surface area contributed by atoms with Gasteiger partial charge in [-0.3, -0.25) is 4.79 Å². The van der Waals surface area contributed by atoms with Crippen LogP contribution in [-0.4, -0.2) is 25.7 Å². The molecule has 1 amide bonds. The number of nitrogens with one attached hydrogen (secondary N) is 1. The van der Waals surface area contributed by atoms with Crippen LogP contribution in [0.2, 0.25) is 0 Å². The lowest BCUT2D eigenvalue weighted by Gasteiger charge is -2.07. The van der Waals surface area contributed by atoms with Crippen LogP contribution >= 0.6 is 0 Å². The number of carbonyl (C=O) groups excluding carboxylic acids is 1. The number of aryl methyl sites for hydroxylation is 1. The van der Waals surface area contributed by atoms with Gasteiger partial charge in [0.05, 0.1) is 5.69 Å². The van der Waals surface area contributed by atoms with E-state index in [0.29, 0.717) is 11.2 Å². The number of hydrogen-bond donors (Lipinski definition) is 1. The lowest BCUT2D eigenvalue weighted by molar-refractivity contribution is 0.102. The summed E-state index contributed by atoms with van der Waals surface area (Å²) < 4.78 is 1.63. The molecule has 0 bridgehead atoms. The minimum Gasteiger partial charge on any atom is -0.322 e. The molecule has 122 valence electrons. The summed E-state index contributed by atoms with van der Waals surface area (Å²) in [7, 11) is 0. The summed E-state index contributed by atoms with van der Waals surface area (Å²) in [5.74, 6) is -0.128. The second kappa shape index (κ2) is 6.16. The highest BCUT2D eigenvalue weighted by molar-refractivity contribution is 6.04. The predicted octanol–water partition coefficient (Wildman–Crippen LogP) is 3.35. The molecule has 2 aromatic heterocycles. The van der Waals surface area contributed by atoms with Crippen LogP contribution in [0.1, 0.15) is 15.9 Å². The van der Waals surface area contributed by atoms with Gasteiger partial charge in [0.2, 0.25) is 0 Å². The standard InChI is InChI=1S/C19H15N5O/c1-13-2-4-15(5-3-13)19(25)21-16-8-6-14(7-9-16)17-10-11-18-22-20-12-24(18)23-17/h2-12H,1H3,(H,21,25). The van der Waals surface area contributed by atoms with Gasteiger partial charge in [0.1, 0.15) is 6.33 Å². The molecule has 6 nitrogen and oxygen atoms in total. The number of nitrogens with zero attached hydrogens (tertiary/aromatic N) is 4. The molecule has 25 heavy (non-hydrogen) atoms. The molecular formula is C19H15N5O. The van der Waals surface area contributed by atoms with Crippen LogP contribution in [0.15, 0.2) is 67.0 Å². The molecule has 0 atom stereocenters. The fourth-order valence-corrected chi connectivity index (χ4v) is 2.51. The van der Waals surface area contributed by atoms with Gasteiger partial charge in [0.25, 0.3) is 5.91 Å². The Kier molecular flexibility index (Phi) is 3.70. The van der Waals surface area contributed by atoms with Crippen LogP contribution in [0.25, 0.3) is 16.9 Å². The molecule has 0 fully saturated rings. The lowest BCUT2D eigenvalue weighted by Crippen LogP contribution is -2.11. The van der Waals surface area contributed by atoms with Gasteiger partial charge < -0.3 is 5.32 Å². The molecule has 0 saturated carbocycles. The number of aromatic nitrogens is 4. The van der Waals surface area contributed by atoms with E-state index in [4.69, 9.17) is 0 Å². The molecule has 4 aromatic rings. The normalized spacial score (nSPS) is 10.8. The third-order valence-electron chi connectivity index (χ3n) is 3.91. The van der Waals surface area contributed by atoms with Gasteiger partial charge in [-0.2, -0.15) is 9.61 Å². The summed E-state index contributed by atoms with van der Waals surface area (Å²) in [6.45, 7) is 1.99. The van der Waals surface area contributed by atoms with Crippen molar-refractivity contribution in [2.24, 2.45) is 0 Å². The monoisotopic (exact) mass is 329 g/mol. The van der Waals surface area contributed by atoms with E-state index in [9.17, 15) is 4.79 Å². The number of amides is 1. The summed E-state index contributed by atoms with van der Waals surface area (Å²) in [6.07, 6.45) is 1.56. The van der Waals surface area contributed by atoms with E-state index in [-0.39, 0.29) is 5.91 Å². The lowest BCUT2D eigenvalue weighted by atomic mass is 10.1. The van der Waals surface area contributed by atoms with Crippen molar-refractivity contribution >= 4 is 17.2 Å². The molecule has 2 heterocycles. The van der Waals surface area contributed by atoms with Crippen LogP contribution < -0.4 is 5.32 Å². The molecule has 0 radical (unpaired) electrons. The predicted molar refractivity (Wildman–Crippen MR) is 95.4 cm³/mol. The van der Waals surface area contributed by atoms with Gasteiger partial charge in [0.15, 0.2) is 5.65 Å². The van der Waals surface area contributed by atoms with Gasteiger partial charge in [-0.25, -0.2) is 0 Å². The van der Waals surface area contributed by atoms with Gasteiger partial charge in [-0.05, 0) is 43.3 Å². The number of rotatable bonds is 3. The van der Waals surface area contributed by atoms with Crippen molar-refractivity contribution in [3.8, 4) is 11.3 Å². The number of hydrogen-bond acceptors (Lipinski definition) is 4. The van der Waals surface area contributed by atoms with Crippen LogP contribution in [0, 0.1) is 6.92 Å². The Balaban J connectivity index is 1.53. The SMILES string of the molecule is Cc1ccc(C(=O)Nc2ccc(-c3ccc4nncn4n3)cc2)cc1. The molecule has 0 aliphatic heterocycles. The maximum atomic E-state index is 12.3. The molecule has 6 heteroatoms. The molecule has 1 N–H and O–H groups in total. The van der Waals surface area contributed by atoms with E-state index >= 15 is 0 Å². The van der Waals surface area contributed by atoms with E-state index in [0.717, 1.165) is 22.5 Å². The Bertz CT molecular complexity index is 1040. The van der Waals surface area contributed by atoms with Gasteiger partial charge in [-0.1, -0.05) is 29.8 Å². The first-order valence-electron chi connectivity index (χ1n) is 7.84. The maximum absolute atomic E-state index is 12.3. The Morgan fingerprint density at radius 1 is 0.960 bits per heavy atom. The summed E-state index contributed by atoms with van der Waals surface area (Å²) in [6, 6.07) is 18.8. The Morgan fingerprint density at radius 3 is 2.48 bits per heavy atom. The fourth-order valence-electron chi connectivity index (χ4n) is 2.51. The third-order valence-corrected chi connectivity index (χ3v) is 3.91. The van der Waals surface area contributed by atoms with Crippen LogP contribution in [0.5, 0.6) is 0 Å². The van der Waals surface area contributed by atoms with Gasteiger partial charge >= 0.3 is 0 Å². The molecule has 0 aliphatic rings. The Labute approximate surface area is 144 Å². The van der Waals surface area contributed by atoms with Crippen LogP contribution in [-0.2, 0) is 0 Å². The highest BCUT2D eigenvalue weighted by Crippen LogP contribution is 2.20. The summed E-state index contributed by atoms with van der Waals surface area (Å²) in [4.78, 5) is 12.3. The first-order valence-corrected chi connectivity index (χ1v) is 7.84. The topological polar surface area (TPSA) is 72.2 Å². The van der Waals surface area contributed by atoms with E-state index in [1.54, 1.807) is 10.8 Å². The quantitative estimate of drug-likeness (QED) is 0.625. The molecule has 4 rings (SSSR count). The van der Waals surface area contributed by atoms with E-state index < -0.39 is 0 Å². The largest absolute Gasteiger partial charge is 0.322 e. The molecular weight excluding hydrogens is 314 g/mol. The molecule has 0 spiro atoms. The third kappa shape index (κ3) is 3.10. The van der Waals surface area contributed by atoms with Crippen molar-refractivity contribution in [3.63, 3.8) is 0 Å². The maximum Gasteiger partial charge on any atom is 0.255 e. The summed E-state index contributed by atoms with van der Waals surface area (Å²) >= 11 is 0. The average Bonchev–Trinajstić information content (AvgIpc) is 3.10. The van der Waals surface area contributed by atoms with Crippen molar-refractivity contribution in [2.45, 2.75) is 6.92 Å². The molecule has 0 aliphatic carbocycles. The highest BCUT2D eigenvalue weighted by Gasteiger charge is 2.07. The average molecular weight is 329 g/mol. The second-order valence-corrected chi connectivity index (χ2v) is 5.75. The number of benzene rings is 2. The summed E-state index contributed by atoms with van der Waals surface area (Å²) in [5.41, 5.74) is 4.95. The highest BCUT2D eigenvalue weighted by atomic mass is 16.1. The first kappa shape index (κ1) is 15.0. The number of carbonyl (C=O) groups is 1. The summed E-state index contributed by atoms with van der Waals surface area (Å²) in [5, 5.41) is 15.1. The van der Waals surface area contributed by atoms with E-state index in [2.05, 4.69) is 20.6 Å². The molecule has 0 saturated heterocycles. The smallest absolute Gasteiger partial charge is 0.255 e. The Hall–Kier alpha value is -3.54. The Morgan fingerprint density at radius 2 is 1.72 bits per heavy atom. The zero-order valence-corrected chi connectivity index (χ0v) is 13.5. The number of fused-ring (bicyclic) bond motifs is 1. The van der Waals surface area contributed by atoms with Crippen LogP contribution in [0.3, 0.4) is 0 Å². The zero-order chi connectivity index (χ0) is 17.2.